The predicted molar refractivity (Wildman–Crippen MR) is 91.1 cm³/mol. The van der Waals surface area contributed by atoms with Crippen LogP contribution in [0.4, 0.5) is 0 Å². The van der Waals surface area contributed by atoms with Crippen LogP contribution in [0.25, 0.3) is 0 Å². The number of hydrogen-bond acceptors (Lipinski definition) is 3. The van der Waals surface area contributed by atoms with Gasteiger partial charge in [0, 0.05) is 11.1 Å². The number of ether oxygens (including phenoxy) is 1. The zero-order valence-corrected chi connectivity index (χ0v) is 13.4. The van der Waals surface area contributed by atoms with Crippen molar-refractivity contribution in [3.8, 4) is 5.75 Å². The number of benzene rings is 2. The smallest absolute Gasteiger partial charge is 0.271 e. The van der Waals surface area contributed by atoms with Gasteiger partial charge < -0.3 is 4.74 Å². The fourth-order valence-corrected chi connectivity index (χ4v) is 2.77. The Morgan fingerprint density at radius 2 is 1.91 bits per heavy atom. The number of rotatable bonds is 3. The van der Waals surface area contributed by atoms with Gasteiger partial charge in [-0.05, 0) is 62.1 Å². The van der Waals surface area contributed by atoms with E-state index in [9.17, 15) is 4.79 Å². The second-order valence-corrected chi connectivity index (χ2v) is 5.74. The molecular formula is C19H20N2O2. The van der Waals surface area contributed by atoms with Gasteiger partial charge in [-0.1, -0.05) is 17.7 Å². The number of methoxy groups -OCH3 is 1. The summed E-state index contributed by atoms with van der Waals surface area (Å²) in [5, 5.41) is 4.36. The Hall–Kier alpha value is -2.62. The average Bonchev–Trinajstić information content (AvgIpc) is 2.59. The van der Waals surface area contributed by atoms with Crippen molar-refractivity contribution in [1.82, 2.24) is 5.43 Å². The lowest BCUT2D eigenvalue weighted by Gasteiger charge is -2.18. The van der Waals surface area contributed by atoms with Crippen molar-refractivity contribution >= 4 is 11.6 Å². The van der Waals surface area contributed by atoms with E-state index in [1.807, 2.05) is 49.4 Å². The second kappa shape index (κ2) is 6.65. The van der Waals surface area contributed by atoms with Crippen LogP contribution in [0.5, 0.6) is 5.75 Å². The van der Waals surface area contributed by atoms with Gasteiger partial charge in [0.15, 0.2) is 0 Å². The number of hydrogen-bond donors (Lipinski definition) is 1. The molecule has 0 fully saturated rings. The van der Waals surface area contributed by atoms with Gasteiger partial charge in [-0.15, -0.1) is 0 Å². The first-order valence-corrected chi connectivity index (χ1v) is 7.78. The minimum absolute atomic E-state index is 0.182. The lowest BCUT2D eigenvalue weighted by atomic mass is 9.90. The highest BCUT2D eigenvalue weighted by molar-refractivity contribution is 6.04. The Labute approximate surface area is 136 Å². The molecule has 4 heteroatoms. The number of fused-ring (bicyclic) bond motifs is 1. The fourth-order valence-electron chi connectivity index (χ4n) is 2.77. The largest absolute Gasteiger partial charge is 0.497 e. The van der Waals surface area contributed by atoms with Crippen LogP contribution in [-0.4, -0.2) is 18.7 Å². The summed E-state index contributed by atoms with van der Waals surface area (Å²) in [6, 6.07) is 13.5. The van der Waals surface area contributed by atoms with Crippen molar-refractivity contribution in [2.75, 3.05) is 7.11 Å². The van der Waals surface area contributed by atoms with Gasteiger partial charge in [-0.25, -0.2) is 5.43 Å². The van der Waals surface area contributed by atoms with Crippen LogP contribution in [0.2, 0.25) is 0 Å². The van der Waals surface area contributed by atoms with E-state index >= 15 is 0 Å². The van der Waals surface area contributed by atoms with Crippen molar-refractivity contribution in [3.05, 3.63) is 64.7 Å². The molecule has 0 unspecified atom stereocenters. The first-order valence-electron chi connectivity index (χ1n) is 7.78. The van der Waals surface area contributed by atoms with Crippen LogP contribution in [0.1, 0.15) is 39.9 Å². The Morgan fingerprint density at radius 3 is 2.65 bits per heavy atom. The van der Waals surface area contributed by atoms with Gasteiger partial charge in [-0.3, -0.25) is 4.79 Å². The van der Waals surface area contributed by atoms with E-state index in [1.54, 1.807) is 7.11 Å². The van der Waals surface area contributed by atoms with Gasteiger partial charge >= 0.3 is 0 Å². The summed E-state index contributed by atoms with van der Waals surface area (Å²) in [4.78, 5) is 12.2. The molecule has 118 valence electrons. The third kappa shape index (κ3) is 3.42. The zero-order chi connectivity index (χ0) is 16.2. The van der Waals surface area contributed by atoms with Gasteiger partial charge in [0.05, 0.1) is 12.8 Å². The first-order chi connectivity index (χ1) is 11.2. The topological polar surface area (TPSA) is 50.7 Å². The lowest BCUT2D eigenvalue weighted by molar-refractivity contribution is 0.0954. The Morgan fingerprint density at radius 1 is 1.13 bits per heavy atom. The summed E-state index contributed by atoms with van der Waals surface area (Å²) in [6.07, 6.45) is 2.91. The summed E-state index contributed by atoms with van der Waals surface area (Å²) in [7, 11) is 1.67. The highest BCUT2D eigenvalue weighted by Crippen LogP contribution is 2.25. The fraction of sp³-hybridized carbons (Fsp3) is 0.263. The predicted octanol–water partition coefficient (Wildman–Crippen LogP) is 3.47. The third-order valence-electron chi connectivity index (χ3n) is 4.09. The molecule has 23 heavy (non-hydrogen) atoms. The molecule has 0 saturated heterocycles. The monoisotopic (exact) mass is 308 g/mol. The van der Waals surface area contributed by atoms with E-state index in [-0.39, 0.29) is 5.91 Å². The molecule has 1 aliphatic rings. The van der Waals surface area contributed by atoms with Crippen LogP contribution >= 0.6 is 0 Å². The molecule has 1 amide bonds. The molecule has 3 rings (SSSR count). The number of nitrogens with one attached hydrogen (secondary N) is 1. The molecular weight excluding hydrogens is 288 g/mol. The van der Waals surface area contributed by atoms with Gasteiger partial charge in [0.25, 0.3) is 5.91 Å². The standard InChI is InChI=1S/C19H20N2O2/c1-13-6-8-14(9-7-13)19(22)21-20-18-5-3-4-15-12-16(23-2)10-11-17(15)18/h6-12H,3-5H2,1-2H3,(H,21,22). The molecule has 0 spiro atoms. The number of carbonyl (C=O) groups excluding carboxylic acids is 1. The Bertz CT molecular complexity index is 748. The van der Waals surface area contributed by atoms with E-state index in [0.29, 0.717) is 5.56 Å². The minimum Gasteiger partial charge on any atom is -0.497 e. The molecule has 2 aromatic carbocycles. The van der Waals surface area contributed by atoms with Crippen molar-refractivity contribution in [1.29, 1.82) is 0 Å². The summed E-state index contributed by atoms with van der Waals surface area (Å²) >= 11 is 0. The molecule has 1 N–H and O–H groups in total. The van der Waals surface area contributed by atoms with Crippen molar-refractivity contribution in [2.24, 2.45) is 5.10 Å². The lowest BCUT2D eigenvalue weighted by Crippen LogP contribution is -2.22. The van der Waals surface area contributed by atoms with Crippen molar-refractivity contribution in [3.63, 3.8) is 0 Å². The number of nitrogens with zero attached hydrogens (tertiary/aromatic N) is 1. The zero-order valence-electron chi connectivity index (χ0n) is 13.4. The van der Waals surface area contributed by atoms with E-state index in [2.05, 4.69) is 10.5 Å². The number of hydrazone groups is 1. The number of aryl methyl sites for hydroxylation is 2. The molecule has 1 aliphatic carbocycles. The summed E-state index contributed by atoms with van der Waals surface area (Å²) < 4.78 is 5.27. The molecule has 0 atom stereocenters. The maximum Gasteiger partial charge on any atom is 0.271 e. The quantitative estimate of drug-likeness (QED) is 0.883. The van der Waals surface area contributed by atoms with Crippen LogP contribution in [0, 0.1) is 6.92 Å². The van der Waals surface area contributed by atoms with Crippen LogP contribution in [0.3, 0.4) is 0 Å². The molecule has 0 saturated carbocycles. The minimum atomic E-state index is -0.182. The van der Waals surface area contributed by atoms with E-state index in [4.69, 9.17) is 4.74 Å². The van der Waals surface area contributed by atoms with Gasteiger partial charge in [0.2, 0.25) is 0 Å². The van der Waals surface area contributed by atoms with Gasteiger partial charge in [-0.2, -0.15) is 5.10 Å². The molecule has 0 aliphatic heterocycles. The van der Waals surface area contributed by atoms with Crippen molar-refractivity contribution in [2.45, 2.75) is 26.2 Å². The number of amides is 1. The van der Waals surface area contributed by atoms with E-state index < -0.39 is 0 Å². The maximum atomic E-state index is 12.2. The Kier molecular flexibility index (Phi) is 4.42. The highest BCUT2D eigenvalue weighted by Gasteiger charge is 2.16. The normalized spacial score (nSPS) is 15.1. The van der Waals surface area contributed by atoms with E-state index in [0.717, 1.165) is 41.9 Å². The molecule has 0 heterocycles. The number of carbonyl (C=O) groups is 1. The summed E-state index contributed by atoms with van der Waals surface area (Å²) in [6.45, 7) is 2.00. The van der Waals surface area contributed by atoms with E-state index in [1.165, 1.54) is 5.56 Å². The summed E-state index contributed by atoms with van der Waals surface area (Å²) in [5.74, 6) is 0.673. The maximum absolute atomic E-state index is 12.2. The average molecular weight is 308 g/mol. The first kappa shape index (κ1) is 15.3. The van der Waals surface area contributed by atoms with Crippen LogP contribution < -0.4 is 10.2 Å². The van der Waals surface area contributed by atoms with Crippen LogP contribution in [-0.2, 0) is 6.42 Å². The second-order valence-electron chi connectivity index (χ2n) is 5.74. The van der Waals surface area contributed by atoms with Crippen LogP contribution in [0.15, 0.2) is 47.6 Å². The summed E-state index contributed by atoms with van der Waals surface area (Å²) in [5.41, 5.74) is 7.66. The molecule has 4 nitrogen and oxygen atoms in total. The van der Waals surface area contributed by atoms with Gasteiger partial charge in [0.1, 0.15) is 5.75 Å². The molecule has 0 bridgehead atoms. The molecule has 0 radical (unpaired) electrons. The molecule has 0 aromatic heterocycles. The highest BCUT2D eigenvalue weighted by atomic mass is 16.5. The Balaban J connectivity index is 1.79. The molecule has 2 aromatic rings. The SMILES string of the molecule is COc1ccc2c(c1)CCCC2=NNC(=O)c1ccc(C)cc1. The third-order valence-corrected chi connectivity index (χ3v) is 4.09. The van der Waals surface area contributed by atoms with Crippen molar-refractivity contribution < 1.29 is 9.53 Å².